The molecule has 2 unspecified atom stereocenters. The van der Waals surface area contributed by atoms with E-state index in [1.807, 2.05) is 25.6 Å². The van der Waals surface area contributed by atoms with Crippen LogP contribution < -0.4 is 10.1 Å². The molecule has 20 heavy (non-hydrogen) atoms. The standard InChI is InChI=1S/C13H21ClN4OS/c1-4-20-10-6-5-9(7-10)15-12-16-11(14)17-13(18-12)19-8(2)3/h8-10H,4-7H2,1-3H3,(H,15,16,17,18). The van der Waals surface area contributed by atoms with Gasteiger partial charge in [-0.15, -0.1) is 0 Å². The molecule has 1 aliphatic rings. The molecule has 0 radical (unpaired) electrons. The van der Waals surface area contributed by atoms with Crippen molar-refractivity contribution in [1.82, 2.24) is 15.0 Å². The zero-order valence-electron chi connectivity index (χ0n) is 12.1. The summed E-state index contributed by atoms with van der Waals surface area (Å²) in [6, 6.07) is 0.685. The van der Waals surface area contributed by atoms with Gasteiger partial charge in [0, 0.05) is 11.3 Å². The number of rotatable bonds is 6. The molecule has 0 spiro atoms. The van der Waals surface area contributed by atoms with Crippen LogP contribution in [0.15, 0.2) is 0 Å². The van der Waals surface area contributed by atoms with Crippen LogP contribution in [0.1, 0.15) is 40.0 Å². The maximum atomic E-state index is 5.91. The Balaban J connectivity index is 1.97. The highest BCUT2D eigenvalue weighted by Crippen LogP contribution is 2.31. The Labute approximate surface area is 129 Å². The average molecular weight is 317 g/mol. The van der Waals surface area contributed by atoms with Crippen molar-refractivity contribution in [3.05, 3.63) is 5.28 Å². The predicted octanol–water partition coefficient (Wildman–Crippen LogP) is 3.40. The Bertz CT molecular complexity index is 446. The van der Waals surface area contributed by atoms with Gasteiger partial charge in [0.15, 0.2) is 0 Å². The average Bonchev–Trinajstić information content (AvgIpc) is 2.75. The molecule has 1 saturated carbocycles. The number of hydrogen-bond acceptors (Lipinski definition) is 6. The third kappa shape index (κ3) is 4.66. The second kappa shape index (κ2) is 7.31. The van der Waals surface area contributed by atoms with Crippen molar-refractivity contribution >= 4 is 29.3 Å². The molecular formula is C13H21ClN4OS. The lowest BCUT2D eigenvalue weighted by Gasteiger charge is -2.14. The van der Waals surface area contributed by atoms with Gasteiger partial charge < -0.3 is 10.1 Å². The normalized spacial score (nSPS) is 22.2. The van der Waals surface area contributed by atoms with Gasteiger partial charge in [-0.25, -0.2) is 0 Å². The van der Waals surface area contributed by atoms with Crippen LogP contribution in [0.4, 0.5) is 5.95 Å². The molecule has 0 aromatic carbocycles. The molecule has 1 aromatic heterocycles. The number of thioether (sulfide) groups is 1. The van der Waals surface area contributed by atoms with Crippen molar-refractivity contribution < 1.29 is 4.74 Å². The number of halogens is 1. The van der Waals surface area contributed by atoms with Crippen molar-refractivity contribution in [2.45, 2.75) is 57.4 Å². The van der Waals surface area contributed by atoms with Crippen LogP contribution in [0.2, 0.25) is 5.28 Å². The van der Waals surface area contributed by atoms with Gasteiger partial charge in [-0.3, -0.25) is 0 Å². The molecule has 0 saturated heterocycles. The fraction of sp³-hybridized carbons (Fsp3) is 0.769. The van der Waals surface area contributed by atoms with Crippen LogP contribution in [-0.2, 0) is 0 Å². The third-order valence-corrected chi connectivity index (χ3v) is 4.45. The molecule has 1 aromatic rings. The SMILES string of the molecule is CCSC1CCC(Nc2nc(Cl)nc(OC(C)C)n2)C1. The second-order valence-electron chi connectivity index (χ2n) is 5.11. The summed E-state index contributed by atoms with van der Waals surface area (Å²) >= 11 is 7.93. The molecule has 5 nitrogen and oxygen atoms in total. The summed E-state index contributed by atoms with van der Waals surface area (Å²) in [5.41, 5.74) is 0. The minimum absolute atomic E-state index is 0.0122. The van der Waals surface area contributed by atoms with Crippen LogP contribution in [-0.4, -0.2) is 38.1 Å². The first-order valence-corrected chi connectivity index (χ1v) is 8.46. The Hall–Kier alpha value is -0.750. The second-order valence-corrected chi connectivity index (χ2v) is 7.02. The number of aromatic nitrogens is 3. The highest BCUT2D eigenvalue weighted by molar-refractivity contribution is 7.99. The van der Waals surface area contributed by atoms with Crippen molar-refractivity contribution in [1.29, 1.82) is 0 Å². The number of nitrogens with one attached hydrogen (secondary N) is 1. The van der Waals surface area contributed by atoms with E-state index < -0.39 is 0 Å². The Morgan fingerprint density at radius 2 is 2.15 bits per heavy atom. The van der Waals surface area contributed by atoms with E-state index in [0.717, 1.165) is 18.1 Å². The van der Waals surface area contributed by atoms with Crippen LogP contribution in [0.25, 0.3) is 0 Å². The van der Waals surface area contributed by atoms with Crippen molar-refractivity contribution in [3.63, 3.8) is 0 Å². The molecular weight excluding hydrogens is 296 g/mol. The molecule has 1 heterocycles. The van der Waals surface area contributed by atoms with Gasteiger partial charge in [-0.1, -0.05) is 6.92 Å². The summed E-state index contributed by atoms with van der Waals surface area (Å²) in [5.74, 6) is 1.68. The fourth-order valence-electron chi connectivity index (χ4n) is 2.30. The lowest BCUT2D eigenvalue weighted by molar-refractivity contribution is 0.222. The monoisotopic (exact) mass is 316 g/mol. The Morgan fingerprint density at radius 1 is 1.35 bits per heavy atom. The lowest BCUT2D eigenvalue weighted by Crippen LogP contribution is -2.19. The van der Waals surface area contributed by atoms with Gasteiger partial charge in [-0.2, -0.15) is 26.7 Å². The van der Waals surface area contributed by atoms with Gasteiger partial charge in [0.1, 0.15) is 0 Å². The largest absolute Gasteiger partial charge is 0.461 e. The highest BCUT2D eigenvalue weighted by Gasteiger charge is 2.25. The van der Waals surface area contributed by atoms with Gasteiger partial charge >= 0.3 is 6.01 Å². The van der Waals surface area contributed by atoms with Crippen LogP contribution in [0, 0.1) is 0 Å². The van der Waals surface area contributed by atoms with Crippen molar-refractivity contribution in [3.8, 4) is 6.01 Å². The third-order valence-electron chi connectivity index (χ3n) is 3.05. The van der Waals surface area contributed by atoms with Crippen LogP contribution >= 0.6 is 23.4 Å². The van der Waals surface area contributed by atoms with Gasteiger partial charge in [0.05, 0.1) is 6.10 Å². The van der Waals surface area contributed by atoms with E-state index in [4.69, 9.17) is 16.3 Å². The maximum absolute atomic E-state index is 5.91. The van der Waals surface area contributed by atoms with Crippen LogP contribution in [0.5, 0.6) is 6.01 Å². The van der Waals surface area contributed by atoms with Gasteiger partial charge in [-0.05, 0) is 50.5 Å². The van der Waals surface area contributed by atoms with Crippen molar-refractivity contribution in [2.75, 3.05) is 11.1 Å². The van der Waals surface area contributed by atoms with Crippen LogP contribution in [0.3, 0.4) is 0 Å². The summed E-state index contributed by atoms with van der Waals surface area (Å²) in [5, 5.41) is 4.24. The number of ether oxygens (including phenoxy) is 1. The molecule has 2 atom stereocenters. The zero-order valence-corrected chi connectivity index (χ0v) is 13.7. The first-order valence-electron chi connectivity index (χ1n) is 7.03. The number of hydrogen-bond donors (Lipinski definition) is 1. The topological polar surface area (TPSA) is 59.9 Å². The molecule has 0 aliphatic heterocycles. The highest BCUT2D eigenvalue weighted by atomic mass is 35.5. The smallest absolute Gasteiger partial charge is 0.322 e. The Morgan fingerprint density at radius 3 is 2.85 bits per heavy atom. The fourth-order valence-corrected chi connectivity index (χ4v) is 3.60. The minimum Gasteiger partial charge on any atom is -0.461 e. The Kier molecular flexibility index (Phi) is 5.72. The number of anilines is 1. The zero-order chi connectivity index (χ0) is 14.5. The summed E-state index contributed by atoms with van der Waals surface area (Å²) in [7, 11) is 0. The van der Waals surface area contributed by atoms with E-state index in [-0.39, 0.29) is 17.4 Å². The molecule has 0 amide bonds. The van der Waals surface area contributed by atoms with Gasteiger partial charge in [0.2, 0.25) is 11.2 Å². The molecule has 1 N–H and O–H groups in total. The molecule has 0 bridgehead atoms. The van der Waals surface area contributed by atoms with E-state index in [2.05, 4.69) is 27.2 Å². The molecule has 1 aliphatic carbocycles. The summed E-state index contributed by atoms with van der Waals surface area (Å²) in [6.45, 7) is 6.05. The van der Waals surface area contributed by atoms with Crippen molar-refractivity contribution in [2.24, 2.45) is 0 Å². The number of nitrogens with zero attached hydrogens (tertiary/aromatic N) is 3. The first kappa shape index (κ1) is 15.6. The van der Waals surface area contributed by atoms with E-state index >= 15 is 0 Å². The minimum atomic E-state index is 0.0122. The maximum Gasteiger partial charge on any atom is 0.322 e. The van der Waals surface area contributed by atoms with E-state index in [1.165, 1.54) is 12.2 Å². The summed E-state index contributed by atoms with van der Waals surface area (Å²) in [6.07, 6.45) is 3.53. The summed E-state index contributed by atoms with van der Waals surface area (Å²) in [4.78, 5) is 12.4. The van der Waals surface area contributed by atoms with E-state index in [1.54, 1.807) is 0 Å². The van der Waals surface area contributed by atoms with E-state index in [9.17, 15) is 0 Å². The lowest BCUT2D eigenvalue weighted by atomic mass is 10.2. The molecule has 2 rings (SSSR count). The molecule has 1 fully saturated rings. The quantitative estimate of drug-likeness (QED) is 0.868. The summed E-state index contributed by atoms with van der Waals surface area (Å²) < 4.78 is 5.47. The molecule has 7 heteroatoms. The van der Waals surface area contributed by atoms with E-state index in [0.29, 0.717) is 12.0 Å². The predicted molar refractivity (Wildman–Crippen MR) is 83.8 cm³/mol. The molecule has 112 valence electrons. The first-order chi connectivity index (χ1) is 9.56. The van der Waals surface area contributed by atoms with Gasteiger partial charge in [0.25, 0.3) is 0 Å².